The predicted molar refractivity (Wildman–Crippen MR) is 79.9 cm³/mol. The Bertz CT molecular complexity index is 682. The highest BCUT2D eigenvalue weighted by molar-refractivity contribution is 7.91. The first kappa shape index (κ1) is 16.7. The summed E-state index contributed by atoms with van der Waals surface area (Å²) in [6.07, 6.45) is 1.07. The first-order valence-electron chi connectivity index (χ1n) is 5.78. The second-order valence-corrected chi connectivity index (χ2v) is 8.80. The molecule has 0 spiro atoms. The first-order chi connectivity index (χ1) is 9.05. The van der Waals surface area contributed by atoms with E-state index < -0.39 is 19.9 Å². The second-order valence-electron chi connectivity index (χ2n) is 4.51. The molecule has 9 heteroatoms. The normalized spacial score (nSPS) is 12.6. The number of nitrogens with two attached hydrogens (primary N) is 1. The maximum atomic E-state index is 11.6. The Morgan fingerprint density at radius 3 is 2.30 bits per heavy atom. The van der Waals surface area contributed by atoms with E-state index in [-0.39, 0.29) is 22.9 Å². The summed E-state index contributed by atoms with van der Waals surface area (Å²) in [6, 6.07) is 4.56. The summed E-state index contributed by atoms with van der Waals surface area (Å²) in [7, 11) is -3.82. The number of sulfone groups is 1. The molecule has 20 heavy (non-hydrogen) atoms. The molecule has 0 radical (unpaired) electrons. The molecule has 114 valence electrons. The summed E-state index contributed by atoms with van der Waals surface area (Å²) >= 11 is 0. The van der Waals surface area contributed by atoms with E-state index in [1.54, 1.807) is 12.1 Å². The van der Waals surface area contributed by atoms with Crippen LogP contribution in [0.1, 0.15) is 0 Å². The van der Waals surface area contributed by atoms with Gasteiger partial charge in [-0.15, -0.1) is 0 Å². The van der Waals surface area contributed by atoms with Gasteiger partial charge in [0, 0.05) is 26.9 Å². The average Bonchev–Trinajstić information content (AvgIpc) is 2.29. The number of anilines is 2. The van der Waals surface area contributed by atoms with Gasteiger partial charge in [-0.25, -0.2) is 21.1 Å². The fourth-order valence-corrected chi connectivity index (χ4v) is 3.08. The summed E-state index contributed by atoms with van der Waals surface area (Å²) in [5, 5.41) is 2.84. The van der Waals surface area contributed by atoms with Gasteiger partial charge in [0.1, 0.15) is 0 Å². The summed E-state index contributed by atoms with van der Waals surface area (Å²) < 4.78 is 47.3. The summed E-state index contributed by atoms with van der Waals surface area (Å²) in [6.45, 7) is 0.137. The molecule has 3 N–H and O–H groups in total. The number of hydrogen-bond donors (Lipinski definition) is 2. The summed E-state index contributed by atoms with van der Waals surface area (Å²) in [5.74, 6) is -0.109. The van der Waals surface area contributed by atoms with Crippen LogP contribution in [0.4, 0.5) is 11.4 Å². The van der Waals surface area contributed by atoms with E-state index in [2.05, 4.69) is 5.32 Å². The van der Waals surface area contributed by atoms with Crippen LogP contribution in [0.25, 0.3) is 0 Å². The highest BCUT2D eigenvalue weighted by Gasteiger charge is 2.16. The lowest BCUT2D eigenvalue weighted by Crippen LogP contribution is -2.28. The molecule has 1 rings (SSSR count). The van der Waals surface area contributed by atoms with Gasteiger partial charge in [-0.1, -0.05) is 6.07 Å². The number of nitrogen functional groups attached to an aromatic ring is 1. The van der Waals surface area contributed by atoms with Crippen molar-refractivity contribution in [1.82, 2.24) is 4.31 Å². The average molecular weight is 321 g/mol. The van der Waals surface area contributed by atoms with Crippen LogP contribution in [0.15, 0.2) is 23.1 Å². The maximum absolute atomic E-state index is 11.6. The van der Waals surface area contributed by atoms with Gasteiger partial charge in [0.05, 0.1) is 22.0 Å². The second kappa shape index (κ2) is 5.98. The molecule has 0 saturated heterocycles. The van der Waals surface area contributed by atoms with E-state index in [9.17, 15) is 16.8 Å². The minimum absolute atomic E-state index is 0.0259. The van der Waals surface area contributed by atoms with Gasteiger partial charge < -0.3 is 11.1 Å². The van der Waals surface area contributed by atoms with Crippen LogP contribution in [0.5, 0.6) is 0 Å². The molecule has 0 saturated carbocycles. The van der Waals surface area contributed by atoms with Crippen molar-refractivity contribution in [2.24, 2.45) is 0 Å². The number of benzene rings is 1. The van der Waals surface area contributed by atoms with Gasteiger partial charge in [-0.3, -0.25) is 0 Å². The molecule has 0 aliphatic rings. The smallest absolute Gasteiger partial charge is 0.215 e. The van der Waals surface area contributed by atoms with Crippen molar-refractivity contribution < 1.29 is 16.8 Å². The molecule has 0 heterocycles. The van der Waals surface area contributed by atoms with Gasteiger partial charge in [0.2, 0.25) is 10.0 Å². The SMILES string of the molecule is CN(C)S(=O)(=O)CCNc1cccc(S(C)(=O)=O)c1N. The lowest BCUT2D eigenvalue weighted by Gasteiger charge is -2.14. The fraction of sp³-hybridized carbons (Fsp3) is 0.455. The molecule has 0 fully saturated rings. The molecule has 7 nitrogen and oxygen atoms in total. The highest BCUT2D eigenvalue weighted by Crippen LogP contribution is 2.26. The van der Waals surface area contributed by atoms with Crippen LogP contribution in [-0.2, 0) is 19.9 Å². The molecule has 0 unspecified atom stereocenters. The Hall–Kier alpha value is -1.32. The monoisotopic (exact) mass is 321 g/mol. The largest absolute Gasteiger partial charge is 0.396 e. The molecule has 0 atom stereocenters. The minimum atomic E-state index is -3.41. The lowest BCUT2D eigenvalue weighted by atomic mass is 10.2. The molecular weight excluding hydrogens is 302 g/mol. The van der Waals surface area contributed by atoms with Crippen molar-refractivity contribution in [2.45, 2.75) is 4.90 Å². The number of para-hydroxylation sites is 1. The molecule has 1 aromatic carbocycles. The van der Waals surface area contributed by atoms with Crippen LogP contribution in [-0.4, -0.2) is 53.8 Å². The van der Waals surface area contributed by atoms with E-state index >= 15 is 0 Å². The van der Waals surface area contributed by atoms with Crippen LogP contribution >= 0.6 is 0 Å². The highest BCUT2D eigenvalue weighted by atomic mass is 32.2. The van der Waals surface area contributed by atoms with E-state index in [4.69, 9.17) is 5.73 Å². The predicted octanol–water partition coefficient (Wildman–Crippen LogP) is -0.0244. The third-order valence-corrected chi connectivity index (χ3v) is 5.69. The van der Waals surface area contributed by atoms with Crippen molar-refractivity contribution in [3.63, 3.8) is 0 Å². The van der Waals surface area contributed by atoms with Crippen molar-refractivity contribution >= 4 is 31.2 Å². The van der Waals surface area contributed by atoms with Gasteiger partial charge in [-0.05, 0) is 12.1 Å². The Balaban J connectivity index is 2.86. The van der Waals surface area contributed by atoms with Crippen molar-refractivity contribution in [1.29, 1.82) is 0 Å². The molecule has 0 aliphatic carbocycles. The molecular formula is C11H19N3O4S2. The maximum Gasteiger partial charge on any atom is 0.215 e. The van der Waals surface area contributed by atoms with E-state index in [0.29, 0.717) is 5.69 Å². The third-order valence-electron chi connectivity index (χ3n) is 2.70. The van der Waals surface area contributed by atoms with Crippen LogP contribution in [0, 0.1) is 0 Å². The Morgan fingerprint density at radius 2 is 1.80 bits per heavy atom. The van der Waals surface area contributed by atoms with Crippen LogP contribution in [0.2, 0.25) is 0 Å². The van der Waals surface area contributed by atoms with E-state index in [1.165, 1.54) is 20.2 Å². The first-order valence-corrected chi connectivity index (χ1v) is 9.28. The van der Waals surface area contributed by atoms with Gasteiger partial charge in [-0.2, -0.15) is 0 Å². The van der Waals surface area contributed by atoms with Crippen LogP contribution < -0.4 is 11.1 Å². The molecule has 0 amide bonds. The third kappa shape index (κ3) is 4.09. The topological polar surface area (TPSA) is 110 Å². The number of nitrogens with zero attached hydrogens (tertiary/aromatic N) is 1. The van der Waals surface area contributed by atoms with Gasteiger partial charge in [0.15, 0.2) is 9.84 Å². The van der Waals surface area contributed by atoms with E-state index in [1.807, 2.05) is 0 Å². The van der Waals surface area contributed by atoms with Crippen molar-refractivity contribution in [2.75, 3.05) is 43.7 Å². The zero-order valence-electron chi connectivity index (χ0n) is 11.6. The zero-order valence-corrected chi connectivity index (χ0v) is 13.3. The van der Waals surface area contributed by atoms with Crippen LogP contribution in [0.3, 0.4) is 0 Å². The standard InChI is InChI=1S/C11H19N3O4S2/c1-14(2)20(17,18)8-7-13-9-5-4-6-10(11(9)12)19(3,15)16/h4-6,13H,7-8,12H2,1-3H3. The molecule has 0 aromatic heterocycles. The van der Waals surface area contributed by atoms with Gasteiger partial charge in [0.25, 0.3) is 0 Å². The quantitative estimate of drug-likeness (QED) is 0.712. The van der Waals surface area contributed by atoms with Crippen molar-refractivity contribution in [3.8, 4) is 0 Å². The number of nitrogens with one attached hydrogen (secondary N) is 1. The minimum Gasteiger partial charge on any atom is -0.396 e. The Kier molecular flexibility index (Phi) is 5.00. The van der Waals surface area contributed by atoms with E-state index in [0.717, 1.165) is 10.6 Å². The zero-order chi connectivity index (χ0) is 15.6. The van der Waals surface area contributed by atoms with Crippen molar-refractivity contribution in [3.05, 3.63) is 18.2 Å². The summed E-state index contributed by atoms with van der Waals surface area (Å²) in [5.41, 5.74) is 6.28. The fourth-order valence-electron chi connectivity index (χ4n) is 1.52. The van der Waals surface area contributed by atoms with Gasteiger partial charge >= 0.3 is 0 Å². The number of sulfonamides is 1. The summed E-state index contributed by atoms with van der Waals surface area (Å²) in [4.78, 5) is 0.0259. The number of rotatable bonds is 6. The number of hydrogen-bond acceptors (Lipinski definition) is 6. The Labute approximate surface area is 119 Å². The molecule has 0 bridgehead atoms. The molecule has 1 aromatic rings. The molecule has 0 aliphatic heterocycles. The lowest BCUT2D eigenvalue weighted by molar-refractivity contribution is 0.521. The Morgan fingerprint density at radius 1 is 1.20 bits per heavy atom.